The Morgan fingerprint density at radius 1 is 1.13 bits per heavy atom. The standard InChI is InChI=1S/C32H40F3N7O3/c1-5-6-25(20-7-9-22(10-8-20)28(43)36-19-26-38-40-41-39-26)42-29(44)27(21-11-13-24(14-12-21)45-32(33,34)35)37-31(42)17-15-23(16-18-31)30(2,3)4/h7,9,11-14,23,25H,5-6,8,10,15-19H2,1-4H3,(H,36,43)(H,38,39,40,41). The lowest BCUT2D eigenvalue weighted by atomic mass is 9.69. The van der Waals surface area contributed by atoms with Crippen LogP contribution in [-0.2, 0) is 16.1 Å². The van der Waals surface area contributed by atoms with Crippen molar-refractivity contribution >= 4 is 17.5 Å². The predicted octanol–water partition coefficient (Wildman–Crippen LogP) is 5.79. The van der Waals surface area contributed by atoms with E-state index in [2.05, 4.69) is 58.4 Å². The van der Waals surface area contributed by atoms with Gasteiger partial charge in [-0.2, -0.15) is 5.21 Å². The van der Waals surface area contributed by atoms with E-state index in [0.717, 1.165) is 31.3 Å². The summed E-state index contributed by atoms with van der Waals surface area (Å²) in [6, 6.07) is 5.13. The second-order valence-electron chi connectivity index (χ2n) is 13.1. The van der Waals surface area contributed by atoms with Gasteiger partial charge < -0.3 is 15.0 Å². The molecule has 1 saturated carbocycles. The van der Waals surface area contributed by atoms with Gasteiger partial charge in [-0.1, -0.05) is 51.5 Å². The molecule has 2 heterocycles. The van der Waals surface area contributed by atoms with Crippen molar-refractivity contribution in [3.63, 3.8) is 0 Å². The molecule has 242 valence electrons. The Labute approximate surface area is 260 Å². The lowest BCUT2D eigenvalue weighted by Gasteiger charge is -2.48. The molecule has 0 saturated heterocycles. The zero-order chi connectivity index (χ0) is 32.4. The van der Waals surface area contributed by atoms with Gasteiger partial charge in [0.2, 0.25) is 5.91 Å². The van der Waals surface area contributed by atoms with Crippen LogP contribution in [0.5, 0.6) is 5.75 Å². The second kappa shape index (κ2) is 12.8. The van der Waals surface area contributed by atoms with Gasteiger partial charge in [0.25, 0.3) is 5.91 Å². The number of allylic oxidation sites excluding steroid dienone is 2. The molecule has 1 unspecified atom stereocenters. The number of rotatable bonds is 9. The van der Waals surface area contributed by atoms with Gasteiger partial charge in [0, 0.05) is 11.1 Å². The van der Waals surface area contributed by atoms with Crippen molar-refractivity contribution in [3.8, 4) is 5.75 Å². The summed E-state index contributed by atoms with van der Waals surface area (Å²) in [7, 11) is 0. The Morgan fingerprint density at radius 3 is 2.40 bits per heavy atom. The van der Waals surface area contributed by atoms with E-state index >= 15 is 0 Å². The number of carbonyl (C=O) groups is 2. The maximum Gasteiger partial charge on any atom is 0.573 e. The quantitative estimate of drug-likeness (QED) is 0.362. The van der Waals surface area contributed by atoms with E-state index in [4.69, 9.17) is 4.99 Å². The van der Waals surface area contributed by atoms with E-state index in [1.807, 2.05) is 17.1 Å². The summed E-state index contributed by atoms with van der Waals surface area (Å²) in [5.74, 6) is 0.0831. The number of ether oxygens (including phenoxy) is 1. The molecule has 2 aliphatic carbocycles. The third-order valence-electron chi connectivity index (χ3n) is 9.13. The van der Waals surface area contributed by atoms with Crippen LogP contribution in [0.3, 0.4) is 0 Å². The number of aliphatic imine (C=N–C) groups is 1. The van der Waals surface area contributed by atoms with Crippen LogP contribution in [0.1, 0.15) is 90.4 Å². The van der Waals surface area contributed by atoms with E-state index in [0.29, 0.717) is 48.6 Å². The summed E-state index contributed by atoms with van der Waals surface area (Å²) >= 11 is 0. The van der Waals surface area contributed by atoms with Crippen LogP contribution in [0.2, 0.25) is 0 Å². The molecular formula is C32H40F3N7O3. The summed E-state index contributed by atoms with van der Waals surface area (Å²) in [5.41, 5.74) is 1.78. The van der Waals surface area contributed by atoms with Crippen LogP contribution < -0.4 is 10.1 Å². The molecule has 0 bridgehead atoms. The fourth-order valence-corrected chi connectivity index (χ4v) is 6.75. The lowest BCUT2D eigenvalue weighted by Crippen LogP contribution is -2.55. The van der Waals surface area contributed by atoms with E-state index in [-0.39, 0.29) is 41.3 Å². The summed E-state index contributed by atoms with van der Waals surface area (Å²) in [5, 5.41) is 16.4. The molecule has 2 N–H and O–H groups in total. The van der Waals surface area contributed by atoms with Crippen molar-refractivity contribution in [3.05, 3.63) is 59.0 Å². The first kappa shape index (κ1) is 32.4. The van der Waals surface area contributed by atoms with Crippen molar-refractivity contribution in [2.24, 2.45) is 16.3 Å². The first-order valence-electron chi connectivity index (χ1n) is 15.5. The molecule has 10 nitrogen and oxygen atoms in total. The van der Waals surface area contributed by atoms with E-state index in [1.165, 1.54) is 24.3 Å². The van der Waals surface area contributed by atoms with Gasteiger partial charge in [-0.05, 0) is 86.1 Å². The maximum atomic E-state index is 14.4. The number of nitrogens with one attached hydrogen (secondary N) is 2. The van der Waals surface area contributed by atoms with Crippen LogP contribution in [-0.4, -0.2) is 61.1 Å². The molecule has 1 aromatic heterocycles. The Morgan fingerprint density at radius 2 is 1.84 bits per heavy atom. The fourth-order valence-electron chi connectivity index (χ4n) is 6.75. The predicted molar refractivity (Wildman–Crippen MR) is 161 cm³/mol. The number of carbonyl (C=O) groups excluding carboxylic acids is 2. The smallest absolute Gasteiger partial charge is 0.406 e. The number of aromatic amines is 1. The van der Waals surface area contributed by atoms with Crippen molar-refractivity contribution in [2.75, 3.05) is 0 Å². The van der Waals surface area contributed by atoms with Gasteiger partial charge in [-0.15, -0.1) is 23.4 Å². The number of benzene rings is 1. The molecule has 5 rings (SSSR count). The van der Waals surface area contributed by atoms with Crippen LogP contribution in [0.4, 0.5) is 13.2 Å². The number of hydrogen-bond donors (Lipinski definition) is 2. The number of tetrazole rings is 1. The highest BCUT2D eigenvalue weighted by atomic mass is 19.4. The monoisotopic (exact) mass is 627 g/mol. The molecular weight excluding hydrogens is 587 g/mol. The third kappa shape index (κ3) is 7.28. The number of nitrogens with zero attached hydrogens (tertiary/aromatic N) is 5. The molecule has 1 aromatic carbocycles. The maximum absolute atomic E-state index is 14.4. The highest BCUT2D eigenvalue weighted by Gasteiger charge is 2.53. The zero-order valence-electron chi connectivity index (χ0n) is 26.1. The Kier molecular flexibility index (Phi) is 9.18. The van der Waals surface area contributed by atoms with Crippen LogP contribution in [0.25, 0.3) is 0 Å². The Balaban J connectivity index is 1.43. The van der Waals surface area contributed by atoms with Gasteiger partial charge in [-0.25, -0.2) is 0 Å². The highest BCUT2D eigenvalue weighted by molar-refractivity contribution is 6.46. The third-order valence-corrected chi connectivity index (χ3v) is 9.13. The van der Waals surface area contributed by atoms with Gasteiger partial charge in [0.1, 0.15) is 17.1 Å². The van der Waals surface area contributed by atoms with Crippen LogP contribution >= 0.6 is 0 Å². The molecule has 1 spiro atoms. The van der Waals surface area contributed by atoms with Gasteiger partial charge in [0.05, 0.1) is 12.6 Å². The number of alkyl halides is 3. The van der Waals surface area contributed by atoms with Crippen LogP contribution in [0.15, 0.2) is 52.6 Å². The zero-order valence-corrected chi connectivity index (χ0v) is 26.1. The SMILES string of the molecule is CCCC(C1=CC=C(C(=O)NCc2nn[nH]n2)CC1)N1C(=O)C(c2ccc(OC(F)(F)F)cc2)=NC12CCC(C(C)(C)C)CC2. The van der Waals surface area contributed by atoms with Gasteiger partial charge >= 0.3 is 6.36 Å². The molecule has 1 aliphatic heterocycles. The molecule has 2 amide bonds. The van der Waals surface area contributed by atoms with Gasteiger partial charge in [-0.3, -0.25) is 14.6 Å². The first-order valence-corrected chi connectivity index (χ1v) is 15.5. The molecule has 13 heteroatoms. The molecule has 1 fully saturated rings. The minimum Gasteiger partial charge on any atom is -0.406 e. The average molecular weight is 628 g/mol. The molecule has 2 aromatic rings. The van der Waals surface area contributed by atoms with E-state index in [1.54, 1.807) is 0 Å². The van der Waals surface area contributed by atoms with E-state index < -0.39 is 12.0 Å². The number of H-pyrrole nitrogens is 1. The highest BCUT2D eigenvalue weighted by Crippen LogP contribution is 2.48. The number of aromatic nitrogens is 4. The summed E-state index contributed by atoms with van der Waals surface area (Å²) in [4.78, 5) is 34.2. The van der Waals surface area contributed by atoms with Crippen molar-refractivity contribution in [1.82, 2.24) is 30.8 Å². The fraction of sp³-hybridized carbons (Fsp3) is 0.562. The van der Waals surface area contributed by atoms with Crippen molar-refractivity contribution in [2.45, 2.75) is 104 Å². The molecule has 3 aliphatic rings. The first-order chi connectivity index (χ1) is 21.3. The molecule has 1 atom stereocenters. The largest absolute Gasteiger partial charge is 0.573 e. The minimum atomic E-state index is -4.81. The summed E-state index contributed by atoms with van der Waals surface area (Å²) in [6.45, 7) is 8.95. The lowest BCUT2D eigenvalue weighted by molar-refractivity contribution is -0.274. The Hall–Kier alpha value is -4.03. The normalized spacial score (nSPS) is 23.0. The summed E-state index contributed by atoms with van der Waals surface area (Å²) in [6.07, 6.45) is 4.85. The van der Waals surface area contributed by atoms with Crippen molar-refractivity contribution < 1.29 is 27.5 Å². The number of amides is 2. The van der Waals surface area contributed by atoms with Crippen molar-refractivity contribution in [1.29, 1.82) is 0 Å². The number of halogens is 3. The minimum absolute atomic E-state index is 0.121. The average Bonchev–Trinajstić information content (AvgIpc) is 3.61. The Bertz CT molecular complexity index is 1470. The number of hydrogen-bond acceptors (Lipinski definition) is 7. The van der Waals surface area contributed by atoms with Crippen LogP contribution in [0, 0.1) is 11.3 Å². The second-order valence-corrected chi connectivity index (χ2v) is 13.1. The topological polar surface area (TPSA) is 125 Å². The van der Waals surface area contributed by atoms with E-state index in [9.17, 15) is 22.8 Å². The molecule has 0 radical (unpaired) electrons. The summed E-state index contributed by atoms with van der Waals surface area (Å²) < 4.78 is 42.3. The van der Waals surface area contributed by atoms with Gasteiger partial charge in [0.15, 0.2) is 5.82 Å². The molecule has 45 heavy (non-hydrogen) atoms.